The first-order valence-corrected chi connectivity index (χ1v) is 42.5. The number of allylic oxidation sites excluding steroid dienone is 1. The summed E-state index contributed by atoms with van der Waals surface area (Å²) in [6, 6.07) is 17.3. The van der Waals surface area contributed by atoms with Gasteiger partial charge in [0.15, 0.2) is 17.3 Å². The van der Waals surface area contributed by atoms with Crippen molar-refractivity contribution < 1.29 is 57.7 Å². The third-order valence-electron chi connectivity index (χ3n) is 19.8. The highest BCUT2D eigenvalue weighted by Crippen LogP contribution is 2.51. The third-order valence-corrected chi connectivity index (χ3v) is 22.1. The number of hydrogen-bond donors (Lipinski definition) is 6. The van der Waals surface area contributed by atoms with Gasteiger partial charge < -0.3 is 52.2 Å². The Balaban J connectivity index is 0.000000164. The molecule has 32 nitrogen and oxygen atoms in total. The highest BCUT2D eigenvalue weighted by molar-refractivity contribution is 9.11. The fourth-order valence-corrected chi connectivity index (χ4v) is 15.8. The maximum absolute atomic E-state index is 13.2. The number of carboxylic acid groups (broad SMARTS) is 1. The van der Waals surface area contributed by atoms with E-state index in [-0.39, 0.29) is 77.5 Å². The first-order valence-electron chi connectivity index (χ1n) is 37.9. The lowest BCUT2D eigenvalue weighted by molar-refractivity contribution is -0.142. The molecule has 8 aliphatic rings. The predicted molar refractivity (Wildman–Crippen MR) is 464 cm³/mol. The van der Waals surface area contributed by atoms with Crippen molar-refractivity contribution >= 4 is 191 Å². The molecular weight excluding hydrogens is 1860 g/mol. The number of amides is 6. The molecule has 4 saturated carbocycles. The highest BCUT2D eigenvalue weighted by atomic mass is 79.9. The summed E-state index contributed by atoms with van der Waals surface area (Å²) in [5.41, 5.74) is 19.7. The zero-order valence-corrected chi connectivity index (χ0v) is 75.5. The van der Waals surface area contributed by atoms with Crippen molar-refractivity contribution in [2.24, 2.45) is 40.3 Å². The van der Waals surface area contributed by atoms with Gasteiger partial charge in [-0.3, -0.25) is 48.3 Å². The van der Waals surface area contributed by atoms with Crippen LogP contribution in [0.5, 0.6) is 0 Å². The highest BCUT2D eigenvalue weighted by Gasteiger charge is 2.59. The molecule has 0 spiro atoms. The zero-order valence-electron chi connectivity index (χ0n) is 66.9. The molecule has 6 amide bonds. The minimum atomic E-state index is -0.932. The van der Waals surface area contributed by atoms with Gasteiger partial charge in [0.05, 0.1) is 95.1 Å². The van der Waals surface area contributed by atoms with E-state index in [1.165, 1.54) is 32.8 Å². The van der Waals surface area contributed by atoms with Crippen LogP contribution >= 0.6 is 98.5 Å². The standard InChI is InChI=1S/C21H19BrN6O3.C16H20BrN3O3.C11H12BrN3O.C11H17NO4.C9H7N3O2.C6H12ClN.C5H5BrN2.CH2Cl2/c22-19-9-24-8-12(25-19)7-18(29)17-6-11-5-16(11)28(17)21(31)26-14-10-27(20(23)30)15-4-2-1-3-13(14)15;1-16(2,3)23-15(22)20-11-4-9(11)5-12(20)13(21)6-10-7-18-8-14(17)19-10;12-11-5-13-4-7(14-11)3-10(16)9-2-6-1-8(6)15-9;1-11(2,3)16-10(15)12-7-4-6(7)5-8(12)9(13)14;10-9(13)12-5-7(11-14)6-3-1-2-4-8(6)12;1-5(2)6(7)8(3)4;6-4-2-1-3-5(7)8-4;2-1-3/h1-4,8-11,16-17H,5-7H2,(H2,23,30)(H,26,31);7-9,11-12H,4-6H2,1-3H3;4-6,8-9,15H,1-3H2;6-8H,4-5H2,1-3H3,(H,13,14);1-5H,(H2,10,13);1-4H3;1-3H,(H2,7,8);1H2/t11-,16?,17+;9-,11?,12+;6-,8?,9+;6-,7?,8+;;;;/m1111..../s1. The van der Waals surface area contributed by atoms with Gasteiger partial charge in [0.25, 0.3) is 0 Å². The molecule has 4 aliphatic carbocycles. The summed E-state index contributed by atoms with van der Waals surface area (Å²) in [4.78, 5) is 155. The summed E-state index contributed by atoms with van der Waals surface area (Å²) in [6.45, 7) is 14.8. The van der Waals surface area contributed by atoms with Crippen LogP contribution in [-0.2, 0) is 47.9 Å². The van der Waals surface area contributed by atoms with Crippen LogP contribution in [0.1, 0.15) is 124 Å². The first-order chi connectivity index (χ1) is 56.2. The number of carbonyl (C=O) groups is 9. The van der Waals surface area contributed by atoms with Crippen molar-refractivity contribution in [1.29, 1.82) is 0 Å². The van der Waals surface area contributed by atoms with E-state index in [4.69, 9.17) is 66.6 Å². The number of nitrogen functional groups attached to an aromatic ring is 1. The van der Waals surface area contributed by atoms with Gasteiger partial charge in [-0.25, -0.2) is 48.7 Å². The van der Waals surface area contributed by atoms with Crippen LogP contribution in [0.3, 0.4) is 0 Å². The topological polar surface area (TPSA) is 437 Å². The van der Waals surface area contributed by atoms with Crippen LogP contribution in [0.25, 0.3) is 21.8 Å². The van der Waals surface area contributed by atoms with Crippen LogP contribution in [0, 0.1) is 28.6 Å². The van der Waals surface area contributed by atoms with Crippen molar-refractivity contribution in [2.45, 2.75) is 186 Å². The van der Waals surface area contributed by atoms with Gasteiger partial charge in [0, 0.05) is 80.0 Å². The lowest BCUT2D eigenvalue weighted by Crippen LogP contribution is -2.46. The second-order valence-corrected chi connectivity index (χ2v) is 36.1. The second-order valence-electron chi connectivity index (χ2n) is 31.7. The molecule has 636 valence electrons. The molecule has 4 saturated heterocycles. The van der Waals surface area contributed by atoms with Crippen LogP contribution in [-0.4, -0.2) is 201 Å². The molecule has 2 aromatic carbocycles. The van der Waals surface area contributed by atoms with E-state index in [0.717, 1.165) is 59.0 Å². The minimum Gasteiger partial charge on any atom is -0.480 e. The molecule has 4 aliphatic heterocycles. The van der Waals surface area contributed by atoms with E-state index in [1.807, 2.05) is 77.9 Å². The summed E-state index contributed by atoms with van der Waals surface area (Å²) in [5.74, 6) is 1.68. The summed E-state index contributed by atoms with van der Waals surface area (Å²) >= 11 is 28.2. The Morgan fingerprint density at radius 1 is 0.563 bits per heavy atom. The zero-order chi connectivity index (χ0) is 87.2. The number of nitroso groups, excluding NO2 is 1. The van der Waals surface area contributed by atoms with Crippen molar-refractivity contribution in [3.05, 3.63) is 167 Å². The number of para-hydroxylation sites is 2. The SMILES string of the molecule is CC(C)(C)OC(=O)N1C2C[C@@H]2C[C@H]1C(=O)Cc1cncc(Br)n1.CC(C)(C)OC(=O)N1C2C[C@@H]2C[C@H]1C(=O)O.CC(C)=C(Cl)N(C)C.ClCCl.NC(=O)n1cc(N=O)c2ccccc21.NC(=O)n1cc(NC(=O)N2C3C[C@@H]3C[C@H]2C(=O)Cc2cncc(Br)n2)c2ccccc21.Nc1cccc(Br)n1.O=C(Cc1cncc(Br)n1)[C@@H]1C[C@H]2CC2N1. The Labute approximate surface area is 736 Å². The molecule has 0 radical (unpaired) electrons. The maximum atomic E-state index is 13.2. The third kappa shape index (κ3) is 26.4. The number of alkyl halides is 2. The number of carboxylic acids is 1. The van der Waals surface area contributed by atoms with Crippen LogP contribution in [0.2, 0.25) is 0 Å². The van der Waals surface area contributed by atoms with Crippen molar-refractivity contribution in [3.8, 4) is 0 Å². The monoisotopic (exact) mass is 1950 g/mol. The van der Waals surface area contributed by atoms with Gasteiger partial charge >= 0.3 is 36.2 Å². The number of rotatable bonds is 13. The normalized spacial score (nSPS) is 21.7. The number of nitrogens with two attached hydrogens (primary N) is 3. The lowest BCUT2D eigenvalue weighted by Gasteiger charge is -2.29. The van der Waals surface area contributed by atoms with E-state index < -0.39 is 53.5 Å². The molecule has 16 rings (SSSR count). The number of halogens is 7. The minimum absolute atomic E-state index is 0.00420. The van der Waals surface area contributed by atoms with Gasteiger partial charge in [-0.15, -0.1) is 28.1 Å². The maximum Gasteiger partial charge on any atom is 0.411 e. The number of likely N-dealkylation sites (tertiary alicyclic amines) is 3. The predicted octanol–water partition coefficient (Wildman–Crippen LogP) is 15.1. The fourth-order valence-electron chi connectivity index (χ4n) is 14.4. The van der Waals surface area contributed by atoms with Crippen molar-refractivity contribution in [2.75, 3.05) is 30.5 Å². The molecule has 12 atom stereocenters. The summed E-state index contributed by atoms with van der Waals surface area (Å²) in [5, 5.41) is 20.4. The number of fused-ring (bicyclic) bond motifs is 6. The number of benzene rings is 2. The Kier molecular flexibility index (Phi) is 32.6. The van der Waals surface area contributed by atoms with Crippen LogP contribution < -0.4 is 27.8 Å². The Hall–Kier alpha value is -9.17. The average Bonchev–Trinajstić information content (AvgIpc) is 1.60. The fraction of sp³-hybridized carbons (Fsp3) is 0.450. The first kappa shape index (κ1) is 93.7. The van der Waals surface area contributed by atoms with E-state index >= 15 is 0 Å². The number of ether oxygens (including phenoxy) is 2. The van der Waals surface area contributed by atoms with E-state index in [0.29, 0.717) is 102 Å². The lowest BCUT2D eigenvalue weighted by atomic mass is 10.0. The summed E-state index contributed by atoms with van der Waals surface area (Å²) < 4.78 is 15.8. The number of nitrogens with zero attached hydrogens (tertiary/aromatic N) is 14. The van der Waals surface area contributed by atoms with Gasteiger partial charge in [0.2, 0.25) is 0 Å². The van der Waals surface area contributed by atoms with E-state index in [2.05, 4.69) is 114 Å². The molecule has 8 aromatic rings. The molecule has 9 N–H and O–H groups in total. The number of pyridine rings is 1. The number of piperidine rings is 4. The number of ketones is 3. The van der Waals surface area contributed by atoms with Crippen molar-refractivity contribution in [3.63, 3.8) is 0 Å². The number of aromatic nitrogens is 9. The van der Waals surface area contributed by atoms with Crippen LogP contribution in [0.15, 0.2) is 151 Å². The quantitative estimate of drug-likeness (QED) is 0.0270. The van der Waals surface area contributed by atoms with Gasteiger partial charge in [-0.2, -0.15) is 0 Å². The number of hydrogen-bond acceptors (Lipinski definition) is 23. The molecule has 10 heterocycles. The van der Waals surface area contributed by atoms with Gasteiger partial charge in [-0.05, 0) is 229 Å². The summed E-state index contributed by atoms with van der Waals surface area (Å²) in [7, 11) is 3.85. The molecule has 6 aromatic heterocycles. The molecule has 4 unspecified atom stereocenters. The molecule has 39 heteroatoms. The largest absolute Gasteiger partial charge is 0.480 e. The Morgan fingerprint density at radius 3 is 1.39 bits per heavy atom. The van der Waals surface area contributed by atoms with Crippen LogP contribution in [0.4, 0.5) is 41.2 Å². The van der Waals surface area contributed by atoms with Gasteiger partial charge in [0.1, 0.15) is 52.3 Å². The number of nitrogens with one attached hydrogen (secondary N) is 2. The average molecular weight is 1960 g/mol. The van der Waals surface area contributed by atoms with Gasteiger partial charge in [-0.1, -0.05) is 54.1 Å². The number of carbonyl (C=O) groups excluding carboxylic acids is 8. The molecule has 119 heavy (non-hydrogen) atoms. The van der Waals surface area contributed by atoms with E-state index in [1.54, 1.807) is 110 Å². The molecular formula is C80H94Br4Cl3N19O13. The van der Waals surface area contributed by atoms with E-state index in [9.17, 15) is 48.1 Å². The number of primary amides is 2. The molecule has 0 bridgehead atoms. The number of urea groups is 1. The second kappa shape index (κ2) is 41.4. The Bertz CT molecular complexity index is 5060. The number of anilines is 2. The number of aliphatic carboxylic acids is 1. The summed E-state index contributed by atoms with van der Waals surface area (Å²) in [6.07, 6.45) is 19.2. The number of Topliss-reactive ketones (excluding diaryl/α,β-unsaturated/α-hetero) is 3. The van der Waals surface area contributed by atoms with Crippen molar-refractivity contribution in [1.82, 2.24) is 68.9 Å². The smallest absolute Gasteiger partial charge is 0.411 e. The Morgan fingerprint density at radius 2 is 0.992 bits per heavy atom. The molecule has 8 fully saturated rings.